The number of pyridine rings is 1. The molecule has 2 N–H and O–H groups in total. The molecule has 2 rings (SSSR count). The summed E-state index contributed by atoms with van der Waals surface area (Å²) in [7, 11) is 0. The molecule has 0 atom stereocenters. The SMILES string of the molecule is Cc1ccnc(NCCCN=Cc2cc(C(C)(C)C)cc(C(C)(C)C)c2O)c1. The first-order chi connectivity index (χ1) is 13.0. The zero-order valence-corrected chi connectivity index (χ0v) is 18.4. The fourth-order valence-corrected chi connectivity index (χ4v) is 2.94. The quantitative estimate of drug-likeness (QED) is 0.505. The van der Waals surface area contributed by atoms with Crippen LogP contribution in [0.2, 0.25) is 0 Å². The predicted octanol–water partition coefficient (Wildman–Crippen LogP) is 5.61. The maximum atomic E-state index is 10.8. The van der Waals surface area contributed by atoms with E-state index in [-0.39, 0.29) is 10.8 Å². The Kier molecular flexibility index (Phi) is 6.87. The Labute approximate surface area is 170 Å². The number of aromatic nitrogens is 1. The predicted molar refractivity (Wildman–Crippen MR) is 120 cm³/mol. The summed E-state index contributed by atoms with van der Waals surface area (Å²) in [5, 5.41) is 14.1. The molecule has 1 aromatic carbocycles. The second-order valence-corrected chi connectivity index (χ2v) is 9.50. The molecule has 0 spiro atoms. The van der Waals surface area contributed by atoms with Gasteiger partial charge in [0.1, 0.15) is 11.6 Å². The topological polar surface area (TPSA) is 57.5 Å². The maximum Gasteiger partial charge on any atom is 0.128 e. The number of aromatic hydroxyl groups is 1. The van der Waals surface area contributed by atoms with Gasteiger partial charge in [0.15, 0.2) is 0 Å². The largest absolute Gasteiger partial charge is 0.507 e. The number of phenols is 1. The zero-order valence-electron chi connectivity index (χ0n) is 18.4. The molecule has 0 bridgehead atoms. The summed E-state index contributed by atoms with van der Waals surface area (Å²) in [6.07, 6.45) is 4.52. The minimum atomic E-state index is -0.126. The summed E-state index contributed by atoms with van der Waals surface area (Å²) in [5.41, 5.74) is 4.06. The fourth-order valence-electron chi connectivity index (χ4n) is 2.94. The second-order valence-electron chi connectivity index (χ2n) is 9.50. The Hall–Kier alpha value is -2.36. The molecule has 152 valence electrons. The van der Waals surface area contributed by atoms with Crippen LogP contribution in [-0.4, -0.2) is 29.4 Å². The van der Waals surface area contributed by atoms with E-state index in [1.807, 2.05) is 24.5 Å². The van der Waals surface area contributed by atoms with Gasteiger partial charge in [0.25, 0.3) is 0 Å². The summed E-state index contributed by atoms with van der Waals surface area (Å²) in [6, 6.07) is 8.21. The van der Waals surface area contributed by atoms with Gasteiger partial charge in [-0.1, -0.05) is 47.6 Å². The summed E-state index contributed by atoms with van der Waals surface area (Å²) in [6.45, 7) is 16.5. The highest BCUT2D eigenvalue weighted by molar-refractivity contribution is 5.85. The standard InChI is InChI=1S/C24H35N3O/c1-17-9-12-27-21(13-17)26-11-8-10-25-16-18-14-19(23(2,3)4)15-20(22(18)28)24(5,6)7/h9,12-16,28H,8,10-11H2,1-7H3,(H,26,27). The highest BCUT2D eigenvalue weighted by atomic mass is 16.3. The van der Waals surface area contributed by atoms with Gasteiger partial charge in [0, 0.05) is 36.6 Å². The number of hydrogen-bond donors (Lipinski definition) is 2. The van der Waals surface area contributed by atoms with Crippen LogP contribution in [0.3, 0.4) is 0 Å². The van der Waals surface area contributed by atoms with Gasteiger partial charge in [0.2, 0.25) is 0 Å². The lowest BCUT2D eigenvalue weighted by atomic mass is 9.79. The lowest BCUT2D eigenvalue weighted by Crippen LogP contribution is -2.17. The minimum Gasteiger partial charge on any atom is -0.507 e. The van der Waals surface area contributed by atoms with Crippen molar-refractivity contribution in [3.05, 3.63) is 52.7 Å². The van der Waals surface area contributed by atoms with Crippen molar-refractivity contribution in [1.29, 1.82) is 0 Å². The molecule has 0 aliphatic heterocycles. The number of nitrogens with one attached hydrogen (secondary N) is 1. The first-order valence-electron chi connectivity index (χ1n) is 10.0. The lowest BCUT2D eigenvalue weighted by Gasteiger charge is -2.27. The van der Waals surface area contributed by atoms with Gasteiger partial charge in [-0.25, -0.2) is 4.98 Å². The molecular formula is C24H35N3O. The molecule has 1 aromatic heterocycles. The van der Waals surface area contributed by atoms with Crippen LogP contribution in [0.15, 0.2) is 35.5 Å². The van der Waals surface area contributed by atoms with Crippen LogP contribution in [0.1, 0.15) is 70.2 Å². The van der Waals surface area contributed by atoms with E-state index in [0.717, 1.165) is 29.9 Å². The van der Waals surface area contributed by atoms with Gasteiger partial charge in [-0.2, -0.15) is 0 Å². The average molecular weight is 382 g/mol. The molecule has 0 aliphatic carbocycles. The van der Waals surface area contributed by atoms with Crippen LogP contribution < -0.4 is 5.32 Å². The van der Waals surface area contributed by atoms with Crippen molar-refractivity contribution in [3.8, 4) is 5.75 Å². The first kappa shape index (κ1) is 21.9. The number of aliphatic imine (C=N–C) groups is 1. The Morgan fingerprint density at radius 3 is 2.39 bits per heavy atom. The van der Waals surface area contributed by atoms with Gasteiger partial charge in [-0.15, -0.1) is 0 Å². The van der Waals surface area contributed by atoms with Crippen LogP contribution >= 0.6 is 0 Å². The van der Waals surface area contributed by atoms with E-state index in [2.05, 4.69) is 75.9 Å². The van der Waals surface area contributed by atoms with E-state index in [1.165, 1.54) is 11.1 Å². The monoisotopic (exact) mass is 381 g/mol. The smallest absolute Gasteiger partial charge is 0.128 e. The number of hydrogen-bond acceptors (Lipinski definition) is 4. The van der Waals surface area contributed by atoms with Crippen LogP contribution in [0.4, 0.5) is 5.82 Å². The molecule has 0 saturated carbocycles. The highest BCUT2D eigenvalue weighted by Crippen LogP contribution is 2.37. The molecule has 0 unspecified atom stereocenters. The van der Waals surface area contributed by atoms with Crippen molar-refractivity contribution in [3.63, 3.8) is 0 Å². The fraction of sp³-hybridized carbons (Fsp3) is 0.500. The van der Waals surface area contributed by atoms with Crippen LogP contribution in [-0.2, 0) is 10.8 Å². The van der Waals surface area contributed by atoms with Crippen molar-refractivity contribution in [2.75, 3.05) is 18.4 Å². The van der Waals surface area contributed by atoms with Gasteiger partial charge in [-0.05, 0) is 53.5 Å². The molecule has 0 radical (unpaired) electrons. The number of anilines is 1. The summed E-state index contributed by atoms with van der Waals surface area (Å²) in [5.74, 6) is 1.24. The summed E-state index contributed by atoms with van der Waals surface area (Å²) >= 11 is 0. The zero-order chi connectivity index (χ0) is 20.9. The number of benzene rings is 1. The molecule has 4 heteroatoms. The Bertz CT molecular complexity index is 827. The molecule has 4 nitrogen and oxygen atoms in total. The van der Waals surface area contributed by atoms with Gasteiger partial charge in [0.05, 0.1) is 0 Å². The van der Waals surface area contributed by atoms with Crippen molar-refractivity contribution < 1.29 is 5.11 Å². The highest BCUT2D eigenvalue weighted by Gasteiger charge is 2.24. The Balaban J connectivity index is 2.05. The van der Waals surface area contributed by atoms with E-state index >= 15 is 0 Å². The Morgan fingerprint density at radius 2 is 1.79 bits per heavy atom. The second kappa shape index (κ2) is 8.76. The number of phenolic OH excluding ortho intramolecular Hbond substituents is 1. The third-order valence-electron chi connectivity index (χ3n) is 4.73. The molecule has 28 heavy (non-hydrogen) atoms. The van der Waals surface area contributed by atoms with E-state index in [9.17, 15) is 5.11 Å². The summed E-state index contributed by atoms with van der Waals surface area (Å²) < 4.78 is 0. The average Bonchev–Trinajstić information content (AvgIpc) is 2.57. The van der Waals surface area contributed by atoms with E-state index < -0.39 is 0 Å². The number of aryl methyl sites for hydroxylation is 1. The molecule has 2 aromatic rings. The summed E-state index contributed by atoms with van der Waals surface area (Å²) in [4.78, 5) is 8.85. The molecular weight excluding hydrogens is 346 g/mol. The van der Waals surface area contributed by atoms with E-state index in [0.29, 0.717) is 12.3 Å². The van der Waals surface area contributed by atoms with Crippen LogP contribution in [0.25, 0.3) is 0 Å². The lowest BCUT2D eigenvalue weighted by molar-refractivity contribution is 0.444. The minimum absolute atomic E-state index is 0.0149. The van der Waals surface area contributed by atoms with Crippen molar-refractivity contribution >= 4 is 12.0 Å². The molecule has 0 saturated heterocycles. The van der Waals surface area contributed by atoms with E-state index in [1.54, 1.807) is 0 Å². The van der Waals surface area contributed by atoms with Gasteiger partial charge in [-0.3, -0.25) is 4.99 Å². The van der Waals surface area contributed by atoms with E-state index in [4.69, 9.17) is 0 Å². The third kappa shape index (κ3) is 6.08. The normalized spacial score (nSPS) is 12.5. The number of nitrogens with zero attached hydrogens (tertiary/aromatic N) is 2. The number of rotatable bonds is 6. The van der Waals surface area contributed by atoms with Gasteiger partial charge >= 0.3 is 0 Å². The third-order valence-corrected chi connectivity index (χ3v) is 4.73. The van der Waals surface area contributed by atoms with Crippen molar-refractivity contribution in [2.45, 2.75) is 65.7 Å². The molecule has 0 aliphatic rings. The molecule has 0 fully saturated rings. The first-order valence-corrected chi connectivity index (χ1v) is 10.0. The Morgan fingerprint density at radius 1 is 1.07 bits per heavy atom. The van der Waals surface area contributed by atoms with Crippen molar-refractivity contribution in [2.24, 2.45) is 4.99 Å². The molecule has 0 amide bonds. The maximum absolute atomic E-state index is 10.8. The van der Waals surface area contributed by atoms with Crippen LogP contribution in [0, 0.1) is 6.92 Å². The van der Waals surface area contributed by atoms with Crippen LogP contribution in [0.5, 0.6) is 5.75 Å². The van der Waals surface area contributed by atoms with Crippen molar-refractivity contribution in [1.82, 2.24) is 4.98 Å². The van der Waals surface area contributed by atoms with Gasteiger partial charge < -0.3 is 10.4 Å². The molecule has 1 heterocycles.